The van der Waals surface area contributed by atoms with Crippen molar-refractivity contribution in [1.29, 1.82) is 0 Å². The highest BCUT2D eigenvalue weighted by atomic mass is 32.1. The van der Waals surface area contributed by atoms with Crippen molar-refractivity contribution in [1.82, 2.24) is 19.4 Å². The van der Waals surface area contributed by atoms with E-state index in [4.69, 9.17) is 14.7 Å². The third-order valence-corrected chi connectivity index (χ3v) is 6.27. The van der Waals surface area contributed by atoms with Gasteiger partial charge in [-0.05, 0) is 44.9 Å². The zero-order chi connectivity index (χ0) is 20.8. The number of carbonyl (C=O) groups excluding carboxylic acids is 1. The van der Waals surface area contributed by atoms with Gasteiger partial charge in [-0.15, -0.1) is 11.3 Å². The maximum absolute atomic E-state index is 12.4. The summed E-state index contributed by atoms with van der Waals surface area (Å²) in [5.41, 5.74) is 4.12. The molecule has 0 spiro atoms. The van der Waals surface area contributed by atoms with Crippen molar-refractivity contribution in [3.05, 3.63) is 45.2 Å². The molecule has 7 heteroatoms. The summed E-state index contributed by atoms with van der Waals surface area (Å²) >= 11 is 1.68. The Labute approximate surface area is 175 Å². The molecular formula is C22H28N4O2S. The van der Waals surface area contributed by atoms with Gasteiger partial charge in [-0.1, -0.05) is 13.0 Å². The number of thiazole rings is 1. The molecule has 2 aromatic heterocycles. The molecule has 0 aliphatic carbocycles. The Hall–Kier alpha value is -2.41. The number of aromatic nitrogens is 3. The van der Waals surface area contributed by atoms with Crippen LogP contribution in [0.15, 0.2) is 18.2 Å². The summed E-state index contributed by atoms with van der Waals surface area (Å²) in [7, 11) is 2.06. The largest absolute Gasteiger partial charge is 0.444 e. The van der Waals surface area contributed by atoms with Crippen LogP contribution in [0.1, 0.15) is 54.7 Å². The molecule has 0 radical (unpaired) electrons. The monoisotopic (exact) mass is 412 g/mol. The van der Waals surface area contributed by atoms with Crippen LogP contribution in [0, 0.1) is 0 Å². The van der Waals surface area contributed by atoms with E-state index in [0.29, 0.717) is 19.5 Å². The second-order valence-corrected chi connectivity index (χ2v) is 9.74. The lowest BCUT2D eigenvalue weighted by atomic mass is 10.1. The number of benzene rings is 1. The molecule has 4 rings (SSSR count). The number of hydrogen-bond donors (Lipinski definition) is 0. The zero-order valence-corrected chi connectivity index (χ0v) is 18.6. The smallest absolute Gasteiger partial charge is 0.410 e. The van der Waals surface area contributed by atoms with Crippen LogP contribution in [-0.2, 0) is 37.6 Å². The van der Waals surface area contributed by atoms with Gasteiger partial charge in [0, 0.05) is 24.9 Å². The molecule has 0 fully saturated rings. The van der Waals surface area contributed by atoms with E-state index in [1.54, 1.807) is 16.2 Å². The van der Waals surface area contributed by atoms with Crippen LogP contribution < -0.4 is 0 Å². The number of imidazole rings is 1. The second-order valence-electron chi connectivity index (χ2n) is 8.57. The summed E-state index contributed by atoms with van der Waals surface area (Å²) in [4.78, 5) is 25.0. The quantitative estimate of drug-likeness (QED) is 0.637. The summed E-state index contributed by atoms with van der Waals surface area (Å²) in [6.45, 7) is 9.06. The molecule has 3 heterocycles. The van der Waals surface area contributed by atoms with Crippen LogP contribution in [0.3, 0.4) is 0 Å². The van der Waals surface area contributed by atoms with E-state index in [1.807, 2.05) is 20.8 Å². The van der Waals surface area contributed by atoms with E-state index in [0.717, 1.165) is 45.3 Å². The van der Waals surface area contributed by atoms with E-state index in [9.17, 15) is 4.79 Å². The Kier molecular flexibility index (Phi) is 5.11. The fourth-order valence-corrected chi connectivity index (χ4v) is 4.74. The Morgan fingerprint density at radius 3 is 2.79 bits per heavy atom. The van der Waals surface area contributed by atoms with Gasteiger partial charge in [0.05, 0.1) is 29.7 Å². The summed E-state index contributed by atoms with van der Waals surface area (Å²) in [6.07, 6.45) is 2.24. The van der Waals surface area contributed by atoms with Crippen molar-refractivity contribution in [2.45, 2.75) is 59.1 Å². The first-order valence-corrected chi connectivity index (χ1v) is 10.9. The highest BCUT2D eigenvalue weighted by Crippen LogP contribution is 2.28. The summed E-state index contributed by atoms with van der Waals surface area (Å²) in [6, 6.07) is 6.49. The van der Waals surface area contributed by atoms with Crippen LogP contribution in [-0.4, -0.2) is 37.7 Å². The summed E-state index contributed by atoms with van der Waals surface area (Å²) in [5, 5.41) is 1.05. The number of hydrogen-bond acceptors (Lipinski definition) is 5. The standard InChI is InChI=1S/C22H28N4O2S/c1-6-14-7-8-17-16(11-14)23-19(25(17)5)12-20-24-15-9-10-26(13-18(15)29-20)21(27)28-22(2,3)4/h7-8,11H,6,9-10,12-13H2,1-5H3. The molecule has 1 aliphatic heterocycles. The number of fused-ring (bicyclic) bond motifs is 2. The van der Waals surface area contributed by atoms with Gasteiger partial charge in [-0.25, -0.2) is 14.8 Å². The Bertz CT molecular complexity index is 1060. The van der Waals surface area contributed by atoms with Gasteiger partial charge in [0.2, 0.25) is 0 Å². The van der Waals surface area contributed by atoms with Crippen molar-refractivity contribution in [3.63, 3.8) is 0 Å². The topological polar surface area (TPSA) is 60.3 Å². The molecule has 6 nitrogen and oxygen atoms in total. The average Bonchev–Trinajstić information content (AvgIpc) is 3.20. The first-order valence-electron chi connectivity index (χ1n) is 10.1. The van der Waals surface area contributed by atoms with Crippen molar-refractivity contribution in [2.24, 2.45) is 7.05 Å². The molecule has 0 saturated heterocycles. The van der Waals surface area contributed by atoms with Gasteiger partial charge in [-0.3, -0.25) is 0 Å². The molecule has 1 aliphatic rings. The van der Waals surface area contributed by atoms with E-state index in [2.05, 4.69) is 36.7 Å². The molecule has 0 N–H and O–H groups in total. The molecule has 154 valence electrons. The van der Waals surface area contributed by atoms with Gasteiger partial charge in [0.25, 0.3) is 0 Å². The summed E-state index contributed by atoms with van der Waals surface area (Å²) in [5.74, 6) is 1.02. The average molecular weight is 413 g/mol. The van der Waals surface area contributed by atoms with Crippen LogP contribution in [0.5, 0.6) is 0 Å². The maximum atomic E-state index is 12.4. The number of ether oxygens (including phenoxy) is 1. The number of carbonyl (C=O) groups is 1. The van der Waals surface area contributed by atoms with Crippen LogP contribution in [0.25, 0.3) is 11.0 Å². The molecule has 3 aromatic rings. The lowest BCUT2D eigenvalue weighted by Gasteiger charge is -2.29. The zero-order valence-electron chi connectivity index (χ0n) is 17.8. The molecule has 1 amide bonds. The Morgan fingerprint density at radius 1 is 1.28 bits per heavy atom. The minimum atomic E-state index is -0.478. The van der Waals surface area contributed by atoms with E-state index in [1.165, 1.54) is 5.56 Å². The normalized spacial score (nSPS) is 14.3. The fraction of sp³-hybridized carbons (Fsp3) is 0.500. The Balaban J connectivity index is 1.52. The van der Waals surface area contributed by atoms with Gasteiger partial charge < -0.3 is 14.2 Å². The highest BCUT2D eigenvalue weighted by Gasteiger charge is 2.28. The number of amides is 1. The van der Waals surface area contributed by atoms with Crippen molar-refractivity contribution < 1.29 is 9.53 Å². The summed E-state index contributed by atoms with van der Waals surface area (Å²) < 4.78 is 7.68. The molecular weight excluding hydrogens is 384 g/mol. The third kappa shape index (κ3) is 4.15. The first kappa shape index (κ1) is 19.9. The fourth-order valence-electron chi connectivity index (χ4n) is 3.62. The van der Waals surface area contributed by atoms with Crippen molar-refractivity contribution in [3.8, 4) is 0 Å². The van der Waals surface area contributed by atoms with Crippen LogP contribution in [0.4, 0.5) is 4.79 Å². The lowest BCUT2D eigenvalue weighted by molar-refractivity contribution is 0.0225. The number of rotatable bonds is 3. The van der Waals surface area contributed by atoms with Gasteiger partial charge in [-0.2, -0.15) is 0 Å². The third-order valence-electron chi connectivity index (χ3n) is 5.18. The molecule has 0 unspecified atom stereocenters. The van der Waals surface area contributed by atoms with Crippen LogP contribution >= 0.6 is 11.3 Å². The second kappa shape index (κ2) is 7.44. The Morgan fingerprint density at radius 2 is 2.07 bits per heavy atom. The minimum absolute atomic E-state index is 0.250. The molecule has 0 bridgehead atoms. The molecule has 0 saturated carbocycles. The minimum Gasteiger partial charge on any atom is -0.444 e. The van der Waals surface area contributed by atoms with E-state index in [-0.39, 0.29) is 6.09 Å². The molecule has 0 atom stereocenters. The predicted molar refractivity (Wildman–Crippen MR) is 115 cm³/mol. The van der Waals surface area contributed by atoms with E-state index >= 15 is 0 Å². The molecule has 29 heavy (non-hydrogen) atoms. The highest BCUT2D eigenvalue weighted by molar-refractivity contribution is 7.11. The van der Waals surface area contributed by atoms with Gasteiger partial charge in [0.1, 0.15) is 16.4 Å². The van der Waals surface area contributed by atoms with E-state index < -0.39 is 5.60 Å². The molecule has 1 aromatic carbocycles. The van der Waals surface area contributed by atoms with Crippen molar-refractivity contribution in [2.75, 3.05) is 6.54 Å². The van der Waals surface area contributed by atoms with Gasteiger partial charge in [0.15, 0.2) is 0 Å². The SMILES string of the molecule is CCc1ccc2c(c1)nc(Cc1nc3c(s1)CN(C(=O)OC(C)(C)C)CC3)n2C. The van der Waals surface area contributed by atoms with Gasteiger partial charge >= 0.3 is 6.09 Å². The number of nitrogens with zero attached hydrogens (tertiary/aromatic N) is 4. The lowest BCUT2D eigenvalue weighted by Crippen LogP contribution is -2.39. The maximum Gasteiger partial charge on any atom is 0.410 e. The first-order chi connectivity index (χ1) is 13.7. The predicted octanol–water partition coefficient (Wildman–Crippen LogP) is 4.48. The van der Waals surface area contributed by atoms with Crippen LogP contribution in [0.2, 0.25) is 0 Å². The number of aryl methyl sites for hydroxylation is 2. The van der Waals surface area contributed by atoms with Crippen molar-refractivity contribution >= 4 is 28.5 Å².